The van der Waals surface area contributed by atoms with Crippen LogP contribution < -0.4 is 10.5 Å². The third-order valence-corrected chi connectivity index (χ3v) is 2.68. The topological polar surface area (TPSA) is 59.0 Å². The van der Waals surface area contributed by atoms with Crippen LogP contribution in [0.3, 0.4) is 0 Å². The molecule has 92 valence electrons. The highest BCUT2D eigenvalue weighted by Crippen LogP contribution is 2.23. The van der Waals surface area contributed by atoms with Crippen molar-refractivity contribution in [3.05, 3.63) is 24.3 Å². The number of anilines is 1. The zero-order valence-electron chi connectivity index (χ0n) is 10.6. The molecule has 0 aliphatic rings. The maximum Gasteiger partial charge on any atom is 0.142 e. The maximum absolute atomic E-state index is 8.87. The number of rotatable bonds is 6. The maximum atomic E-state index is 8.87. The SMILES string of the molecule is CC(C)(C#N)CCCCOc1ccccc1N. The van der Waals surface area contributed by atoms with Crippen LogP contribution in [-0.2, 0) is 0 Å². The summed E-state index contributed by atoms with van der Waals surface area (Å²) in [4.78, 5) is 0. The molecular formula is C14H20N2O. The van der Waals surface area contributed by atoms with Gasteiger partial charge in [0.25, 0.3) is 0 Å². The van der Waals surface area contributed by atoms with E-state index in [9.17, 15) is 0 Å². The molecular weight excluding hydrogens is 212 g/mol. The lowest BCUT2D eigenvalue weighted by Gasteiger charge is -2.14. The predicted octanol–water partition coefficient (Wildman–Crippen LogP) is 3.37. The number of ether oxygens (including phenoxy) is 1. The highest BCUT2D eigenvalue weighted by Gasteiger charge is 2.15. The van der Waals surface area contributed by atoms with E-state index in [4.69, 9.17) is 15.7 Å². The van der Waals surface area contributed by atoms with Crippen molar-refractivity contribution in [2.75, 3.05) is 12.3 Å². The summed E-state index contributed by atoms with van der Waals surface area (Å²) in [5.74, 6) is 0.743. The molecule has 3 nitrogen and oxygen atoms in total. The summed E-state index contributed by atoms with van der Waals surface area (Å²) in [5, 5.41) is 8.87. The van der Waals surface area contributed by atoms with E-state index in [1.54, 1.807) is 0 Å². The van der Waals surface area contributed by atoms with Crippen molar-refractivity contribution in [3.63, 3.8) is 0 Å². The Morgan fingerprint density at radius 3 is 2.65 bits per heavy atom. The van der Waals surface area contributed by atoms with Crippen molar-refractivity contribution >= 4 is 5.69 Å². The molecule has 0 heterocycles. The Morgan fingerprint density at radius 2 is 2.00 bits per heavy atom. The van der Waals surface area contributed by atoms with Crippen LogP contribution >= 0.6 is 0 Å². The van der Waals surface area contributed by atoms with Crippen LogP contribution in [0.2, 0.25) is 0 Å². The summed E-state index contributed by atoms with van der Waals surface area (Å²) < 4.78 is 5.58. The molecule has 1 aromatic carbocycles. The largest absolute Gasteiger partial charge is 0.491 e. The number of nitrogens with zero attached hydrogens (tertiary/aromatic N) is 1. The molecule has 2 N–H and O–H groups in total. The van der Waals surface area contributed by atoms with Crippen molar-refractivity contribution < 1.29 is 4.74 Å². The highest BCUT2D eigenvalue weighted by molar-refractivity contribution is 5.51. The molecule has 0 bridgehead atoms. The Balaban J connectivity index is 2.22. The molecule has 0 spiro atoms. The predicted molar refractivity (Wildman–Crippen MR) is 69.6 cm³/mol. The second-order valence-corrected chi connectivity index (χ2v) is 4.84. The van der Waals surface area contributed by atoms with E-state index in [1.165, 1.54) is 0 Å². The fraction of sp³-hybridized carbons (Fsp3) is 0.500. The number of benzene rings is 1. The van der Waals surface area contributed by atoms with Crippen LogP contribution in [-0.4, -0.2) is 6.61 Å². The number of nitrogen functional groups attached to an aromatic ring is 1. The third-order valence-electron chi connectivity index (χ3n) is 2.68. The first-order valence-corrected chi connectivity index (χ1v) is 5.94. The van der Waals surface area contributed by atoms with E-state index in [0.29, 0.717) is 12.3 Å². The molecule has 0 saturated carbocycles. The number of hydrogen-bond acceptors (Lipinski definition) is 3. The molecule has 0 radical (unpaired) electrons. The van der Waals surface area contributed by atoms with E-state index in [-0.39, 0.29) is 5.41 Å². The van der Waals surface area contributed by atoms with Gasteiger partial charge in [-0.3, -0.25) is 0 Å². The van der Waals surface area contributed by atoms with Gasteiger partial charge < -0.3 is 10.5 Å². The monoisotopic (exact) mass is 232 g/mol. The van der Waals surface area contributed by atoms with Gasteiger partial charge in [0.15, 0.2) is 0 Å². The number of unbranched alkanes of at least 4 members (excludes halogenated alkanes) is 1. The Kier molecular flexibility index (Phi) is 4.84. The first-order chi connectivity index (χ1) is 8.05. The first-order valence-electron chi connectivity index (χ1n) is 5.94. The first kappa shape index (κ1) is 13.4. The van der Waals surface area contributed by atoms with Gasteiger partial charge in [0.2, 0.25) is 0 Å². The second-order valence-electron chi connectivity index (χ2n) is 4.84. The minimum absolute atomic E-state index is 0.230. The standard InChI is InChI=1S/C14H20N2O/c1-14(2,11-15)9-5-6-10-17-13-8-4-3-7-12(13)16/h3-4,7-8H,5-6,9-10,16H2,1-2H3. The molecule has 17 heavy (non-hydrogen) atoms. The smallest absolute Gasteiger partial charge is 0.142 e. The normalized spacial score (nSPS) is 10.9. The summed E-state index contributed by atoms with van der Waals surface area (Å²) in [6.07, 6.45) is 2.84. The van der Waals surface area contributed by atoms with Crippen LogP contribution in [0.5, 0.6) is 5.75 Å². The molecule has 0 unspecified atom stereocenters. The summed E-state index contributed by atoms with van der Waals surface area (Å²) in [7, 11) is 0. The molecule has 0 aliphatic carbocycles. The van der Waals surface area contributed by atoms with Gasteiger partial charge in [0.1, 0.15) is 5.75 Å². The van der Waals surface area contributed by atoms with Gasteiger partial charge in [0, 0.05) is 0 Å². The number of nitriles is 1. The molecule has 0 aliphatic heterocycles. The Labute approximate surface area is 103 Å². The Bertz CT molecular complexity index is 393. The molecule has 0 saturated heterocycles. The van der Waals surface area contributed by atoms with Gasteiger partial charge in [0.05, 0.1) is 23.8 Å². The summed E-state index contributed by atoms with van der Waals surface area (Å²) in [5.41, 5.74) is 6.20. The molecule has 1 aromatic rings. The van der Waals surface area contributed by atoms with E-state index < -0.39 is 0 Å². The van der Waals surface area contributed by atoms with Crippen molar-refractivity contribution in [3.8, 4) is 11.8 Å². The van der Waals surface area contributed by atoms with Crippen molar-refractivity contribution in [1.29, 1.82) is 5.26 Å². The number of nitrogens with two attached hydrogens (primary N) is 1. The second kappa shape index (κ2) is 6.15. The van der Waals surface area contributed by atoms with Crippen LogP contribution in [0, 0.1) is 16.7 Å². The van der Waals surface area contributed by atoms with E-state index in [1.807, 2.05) is 38.1 Å². The van der Waals surface area contributed by atoms with Crippen molar-refractivity contribution in [2.45, 2.75) is 33.1 Å². The fourth-order valence-electron chi connectivity index (χ4n) is 1.52. The van der Waals surface area contributed by atoms with Gasteiger partial charge in [-0.05, 0) is 45.2 Å². The van der Waals surface area contributed by atoms with Crippen LogP contribution in [0.1, 0.15) is 33.1 Å². The van der Waals surface area contributed by atoms with Crippen LogP contribution in [0.15, 0.2) is 24.3 Å². The van der Waals surface area contributed by atoms with Gasteiger partial charge in [-0.2, -0.15) is 5.26 Å². The number of hydrogen-bond donors (Lipinski definition) is 1. The van der Waals surface area contributed by atoms with Gasteiger partial charge in [-0.15, -0.1) is 0 Å². The van der Waals surface area contributed by atoms with Gasteiger partial charge in [-0.1, -0.05) is 12.1 Å². The lowest BCUT2D eigenvalue weighted by molar-refractivity contribution is 0.296. The average Bonchev–Trinajstić information content (AvgIpc) is 2.31. The Morgan fingerprint density at radius 1 is 1.29 bits per heavy atom. The lowest BCUT2D eigenvalue weighted by Crippen LogP contribution is -2.08. The molecule has 0 amide bonds. The summed E-state index contributed by atoms with van der Waals surface area (Å²) in [6, 6.07) is 9.79. The van der Waals surface area contributed by atoms with Crippen LogP contribution in [0.4, 0.5) is 5.69 Å². The molecule has 3 heteroatoms. The van der Waals surface area contributed by atoms with Gasteiger partial charge in [-0.25, -0.2) is 0 Å². The fourth-order valence-corrected chi connectivity index (χ4v) is 1.52. The molecule has 0 aromatic heterocycles. The van der Waals surface area contributed by atoms with Crippen LogP contribution in [0.25, 0.3) is 0 Å². The zero-order chi connectivity index (χ0) is 12.7. The van der Waals surface area contributed by atoms with E-state index in [0.717, 1.165) is 25.0 Å². The Hall–Kier alpha value is -1.69. The van der Waals surface area contributed by atoms with E-state index >= 15 is 0 Å². The molecule has 0 atom stereocenters. The number of para-hydroxylation sites is 2. The molecule has 0 fully saturated rings. The van der Waals surface area contributed by atoms with Gasteiger partial charge >= 0.3 is 0 Å². The van der Waals surface area contributed by atoms with Crippen molar-refractivity contribution in [1.82, 2.24) is 0 Å². The zero-order valence-corrected chi connectivity index (χ0v) is 10.6. The van der Waals surface area contributed by atoms with E-state index in [2.05, 4.69) is 6.07 Å². The van der Waals surface area contributed by atoms with Crippen molar-refractivity contribution in [2.24, 2.45) is 5.41 Å². The average molecular weight is 232 g/mol. The minimum Gasteiger partial charge on any atom is -0.491 e. The quantitative estimate of drug-likeness (QED) is 0.604. The highest BCUT2D eigenvalue weighted by atomic mass is 16.5. The lowest BCUT2D eigenvalue weighted by atomic mass is 9.89. The minimum atomic E-state index is -0.230. The third kappa shape index (κ3) is 4.78. The summed E-state index contributed by atoms with van der Waals surface area (Å²) in [6.45, 7) is 4.57. The molecule has 1 rings (SSSR count). The summed E-state index contributed by atoms with van der Waals surface area (Å²) >= 11 is 0.